The number of nitrogens with one attached hydrogen (secondary N) is 1. The van der Waals surface area contributed by atoms with E-state index in [1.807, 2.05) is 36.6 Å². The van der Waals surface area contributed by atoms with Crippen LogP contribution in [0.1, 0.15) is 65.0 Å². The number of para-hydroxylation sites is 1. The van der Waals surface area contributed by atoms with Crippen LogP contribution in [0.2, 0.25) is 0 Å². The molecule has 1 aromatic rings. The second-order valence-electron chi connectivity index (χ2n) is 9.82. The Hall–Kier alpha value is -2.37. The topological polar surface area (TPSA) is 69.7 Å². The lowest BCUT2D eigenvalue weighted by molar-refractivity contribution is -0.138. The summed E-state index contributed by atoms with van der Waals surface area (Å²) in [7, 11) is 0. The van der Waals surface area contributed by atoms with Gasteiger partial charge in [-0.3, -0.25) is 14.4 Å². The number of aryl methyl sites for hydroxylation is 2. The second-order valence-corrected chi connectivity index (χ2v) is 9.82. The van der Waals surface area contributed by atoms with Gasteiger partial charge in [0.1, 0.15) is 0 Å². The highest BCUT2D eigenvalue weighted by atomic mass is 16.2. The van der Waals surface area contributed by atoms with Crippen LogP contribution in [0.4, 0.5) is 5.69 Å². The number of nitrogens with zero attached hydrogens (tertiary/aromatic N) is 2. The summed E-state index contributed by atoms with van der Waals surface area (Å²) in [5.41, 5.74) is 3.02. The SMILES string of the molecule is CCc1cccc(CC)c1NC(=O)C1CCN(C(=O)C2CC(=O)N(C(C)(C)C)C2)CC1. The van der Waals surface area contributed by atoms with E-state index in [4.69, 9.17) is 0 Å². The lowest BCUT2D eigenvalue weighted by Crippen LogP contribution is -2.46. The van der Waals surface area contributed by atoms with Crippen LogP contribution in [0.3, 0.4) is 0 Å². The number of benzene rings is 1. The summed E-state index contributed by atoms with van der Waals surface area (Å²) >= 11 is 0. The largest absolute Gasteiger partial charge is 0.342 e. The standard InChI is InChI=1S/C25H37N3O3/c1-6-17-9-8-10-18(7-2)22(17)26-23(30)19-11-13-27(14-12-19)24(31)20-15-21(29)28(16-20)25(3,4)5/h8-10,19-20H,6-7,11-16H2,1-5H3,(H,26,30). The number of hydrogen-bond donors (Lipinski definition) is 1. The molecule has 3 rings (SSSR count). The number of hydrogen-bond acceptors (Lipinski definition) is 3. The molecule has 2 fully saturated rings. The van der Waals surface area contributed by atoms with E-state index in [9.17, 15) is 14.4 Å². The normalized spacial score (nSPS) is 20.3. The highest BCUT2D eigenvalue weighted by Gasteiger charge is 2.41. The summed E-state index contributed by atoms with van der Waals surface area (Å²) in [4.78, 5) is 42.0. The first kappa shape index (κ1) is 23.3. The number of likely N-dealkylation sites (tertiary alicyclic amines) is 2. The Balaban J connectivity index is 1.57. The fourth-order valence-corrected chi connectivity index (χ4v) is 4.77. The molecule has 170 valence electrons. The minimum absolute atomic E-state index is 0.0534. The van der Waals surface area contributed by atoms with Gasteiger partial charge in [-0.05, 0) is 57.6 Å². The van der Waals surface area contributed by atoms with Crippen molar-refractivity contribution in [2.75, 3.05) is 25.0 Å². The summed E-state index contributed by atoms with van der Waals surface area (Å²) in [6, 6.07) is 6.19. The zero-order valence-electron chi connectivity index (χ0n) is 19.7. The zero-order chi connectivity index (χ0) is 22.8. The summed E-state index contributed by atoms with van der Waals surface area (Å²) < 4.78 is 0. The number of carbonyl (C=O) groups excluding carboxylic acids is 3. The summed E-state index contributed by atoms with van der Waals surface area (Å²) in [6.07, 6.45) is 3.38. The fraction of sp³-hybridized carbons (Fsp3) is 0.640. The van der Waals surface area contributed by atoms with E-state index in [1.54, 1.807) is 0 Å². The third-order valence-electron chi connectivity index (χ3n) is 6.71. The van der Waals surface area contributed by atoms with Crippen LogP contribution in [0.25, 0.3) is 0 Å². The average molecular weight is 428 g/mol. The second kappa shape index (κ2) is 9.41. The van der Waals surface area contributed by atoms with E-state index in [-0.39, 0.29) is 35.1 Å². The highest BCUT2D eigenvalue weighted by Crippen LogP contribution is 2.29. The Bertz CT molecular complexity index is 813. The highest BCUT2D eigenvalue weighted by molar-refractivity contribution is 5.94. The molecule has 2 saturated heterocycles. The molecule has 2 aliphatic rings. The molecule has 0 spiro atoms. The molecule has 2 heterocycles. The minimum Gasteiger partial charge on any atom is -0.342 e. The zero-order valence-corrected chi connectivity index (χ0v) is 19.7. The van der Waals surface area contributed by atoms with Gasteiger partial charge in [-0.25, -0.2) is 0 Å². The van der Waals surface area contributed by atoms with Gasteiger partial charge in [0.15, 0.2) is 0 Å². The maximum Gasteiger partial charge on any atom is 0.227 e. The summed E-state index contributed by atoms with van der Waals surface area (Å²) in [5.74, 6) is -0.182. The van der Waals surface area contributed by atoms with Crippen LogP contribution in [0.5, 0.6) is 0 Å². The first-order valence-electron chi connectivity index (χ1n) is 11.7. The number of rotatable bonds is 5. The smallest absolute Gasteiger partial charge is 0.227 e. The molecule has 2 aliphatic heterocycles. The maximum atomic E-state index is 13.0. The molecule has 6 heteroatoms. The predicted octanol–water partition coefficient (Wildman–Crippen LogP) is 3.64. The van der Waals surface area contributed by atoms with Gasteiger partial charge in [0.25, 0.3) is 0 Å². The van der Waals surface area contributed by atoms with E-state index in [0.29, 0.717) is 38.9 Å². The van der Waals surface area contributed by atoms with Crippen LogP contribution >= 0.6 is 0 Å². The Labute approximate surface area is 186 Å². The van der Waals surface area contributed by atoms with Gasteiger partial charge in [-0.1, -0.05) is 32.0 Å². The van der Waals surface area contributed by atoms with E-state index >= 15 is 0 Å². The quantitative estimate of drug-likeness (QED) is 0.780. The third-order valence-corrected chi connectivity index (χ3v) is 6.71. The van der Waals surface area contributed by atoms with E-state index in [0.717, 1.165) is 29.7 Å². The van der Waals surface area contributed by atoms with Gasteiger partial charge in [-0.15, -0.1) is 0 Å². The Morgan fingerprint density at radius 2 is 1.61 bits per heavy atom. The van der Waals surface area contributed by atoms with E-state index in [2.05, 4.69) is 31.3 Å². The molecule has 0 aliphatic carbocycles. The molecule has 6 nitrogen and oxygen atoms in total. The fourth-order valence-electron chi connectivity index (χ4n) is 4.77. The minimum atomic E-state index is -0.263. The van der Waals surface area contributed by atoms with Crippen LogP contribution < -0.4 is 5.32 Å². The molecular weight excluding hydrogens is 390 g/mol. The third kappa shape index (κ3) is 5.10. The predicted molar refractivity (Wildman–Crippen MR) is 123 cm³/mol. The number of piperidine rings is 1. The van der Waals surface area contributed by atoms with Crippen molar-refractivity contribution in [3.8, 4) is 0 Å². The summed E-state index contributed by atoms with van der Waals surface area (Å²) in [5, 5.41) is 3.18. The Kier molecular flexibility index (Phi) is 7.07. The molecular formula is C25H37N3O3. The van der Waals surface area contributed by atoms with Crippen molar-refractivity contribution in [1.82, 2.24) is 9.80 Å². The van der Waals surface area contributed by atoms with Crippen molar-refractivity contribution < 1.29 is 14.4 Å². The molecule has 1 unspecified atom stereocenters. The maximum absolute atomic E-state index is 13.0. The molecule has 1 atom stereocenters. The molecule has 0 bridgehead atoms. The van der Waals surface area contributed by atoms with E-state index < -0.39 is 0 Å². The van der Waals surface area contributed by atoms with Crippen LogP contribution in [-0.4, -0.2) is 52.7 Å². The molecule has 1 aromatic carbocycles. The summed E-state index contributed by atoms with van der Waals surface area (Å²) in [6.45, 7) is 11.9. The molecule has 31 heavy (non-hydrogen) atoms. The Morgan fingerprint density at radius 1 is 1.03 bits per heavy atom. The van der Waals surface area contributed by atoms with Crippen LogP contribution in [-0.2, 0) is 27.2 Å². The van der Waals surface area contributed by atoms with Crippen molar-refractivity contribution in [2.24, 2.45) is 11.8 Å². The lowest BCUT2D eigenvalue weighted by Gasteiger charge is -2.34. The monoisotopic (exact) mass is 427 g/mol. The van der Waals surface area contributed by atoms with Gasteiger partial charge in [0.2, 0.25) is 17.7 Å². The molecule has 0 radical (unpaired) electrons. The van der Waals surface area contributed by atoms with Crippen molar-refractivity contribution in [2.45, 2.75) is 72.3 Å². The van der Waals surface area contributed by atoms with Gasteiger partial charge in [0, 0.05) is 43.2 Å². The van der Waals surface area contributed by atoms with Crippen molar-refractivity contribution >= 4 is 23.4 Å². The molecule has 0 saturated carbocycles. The Morgan fingerprint density at radius 3 is 2.10 bits per heavy atom. The van der Waals surface area contributed by atoms with Crippen molar-refractivity contribution in [1.29, 1.82) is 0 Å². The lowest BCUT2D eigenvalue weighted by atomic mass is 9.93. The number of anilines is 1. The van der Waals surface area contributed by atoms with Gasteiger partial charge >= 0.3 is 0 Å². The molecule has 3 amide bonds. The van der Waals surface area contributed by atoms with Gasteiger partial charge < -0.3 is 15.1 Å². The van der Waals surface area contributed by atoms with Crippen LogP contribution in [0, 0.1) is 11.8 Å². The molecule has 0 aromatic heterocycles. The van der Waals surface area contributed by atoms with E-state index in [1.165, 1.54) is 0 Å². The van der Waals surface area contributed by atoms with Crippen molar-refractivity contribution in [3.63, 3.8) is 0 Å². The van der Waals surface area contributed by atoms with Crippen LogP contribution in [0.15, 0.2) is 18.2 Å². The average Bonchev–Trinajstić information content (AvgIpc) is 3.15. The molecule has 1 N–H and O–H groups in total. The number of carbonyl (C=O) groups is 3. The van der Waals surface area contributed by atoms with Gasteiger partial charge in [0.05, 0.1) is 5.92 Å². The first-order chi connectivity index (χ1) is 14.7. The van der Waals surface area contributed by atoms with Gasteiger partial charge in [-0.2, -0.15) is 0 Å². The number of amides is 3. The first-order valence-corrected chi connectivity index (χ1v) is 11.7. The van der Waals surface area contributed by atoms with Crippen molar-refractivity contribution in [3.05, 3.63) is 29.3 Å².